The summed E-state index contributed by atoms with van der Waals surface area (Å²) in [4.78, 5) is 1.43. The summed E-state index contributed by atoms with van der Waals surface area (Å²) < 4.78 is 0. The normalized spacial score (nSPS) is 22.8. The molecule has 1 aliphatic heterocycles. The van der Waals surface area contributed by atoms with E-state index in [1.54, 1.807) is 0 Å². The summed E-state index contributed by atoms with van der Waals surface area (Å²) in [5.41, 5.74) is 8.76. The summed E-state index contributed by atoms with van der Waals surface area (Å²) in [5.74, 6) is 1.88. The predicted octanol–water partition coefficient (Wildman–Crippen LogP) is 2.92. The number of thioether (sulfide) groups is 1. The molecule has 1 aromatic carbocycles. The first-order valence-electron chi connectivity index (χ1n) is 4.71. The molecule has 1 aliphatic rings. The zero-order chi connectivity index (χ0) is 9.42. The summed E-state index contributed by atoms with van der Waals surface area (Å²) in [5, 5.41) is 0. The maximum Gasteiger partial charge on any atom is 0.0269 e. The van der Waals surface area contributed by atoms with Crippen molar-refractivity contribution in [2.75, 3.05) is 5.75 Å². The molecule has 0 saturated heterocycles. The van der Waals surface area contributed by atoms with Crippen LogP contribution < -0.4 is 5.73 Å². The van der Waals surface area contributed by atoms with Crippen molar-refractivity contribution in [3.63, 3.8) is 0 Å². The van der Waals surface area contributed by atoms with E-state index in [0.29, 0.717) is 5.92 Å². The number of fused-ring (bicyclic) bond motifs is 1. The molecule has 0 spiro atoms. The SMILES string of the molecule is CC(N)c1cccc2c1C(C)CS2. The summed E-state index contributed by atoms with van der Waals surface area (Å²) in [7, 11) is 0. The van der Waals surface area contributed by atoms with Crippen molar-refractivity contribution in [2.24, 2.45) is 5.73 Å². The molecule has 70 valence electrons. The minimum atomic E-state index is 0.163. The standard InChI is InChI=1S/C11H15NS/c1-7-6-13-10-5-3-4-9(8(2)12)11(7)10/h3-5,7-8H,6,12H2,1-2H3. The lowest BCUT2D eigenvalue weighted by atomic mass is 9.94. The van der Waals surface area contributed by atoms with E-state index < -0.39 is 0 Å². The van der Waals surface area contributed by atoms with E-state index in [4.69, 9.17) is 5.73 Å². The minimum Gasteiger partial charge on any atom is -0.324 e. The molecule has 2 atom stereocenters. The summed E-state index contributed by atoms with van der Waals surface area (Å²) in [6.45, 7) is 4.34. The van der Waals surface area contributed by atoms with Crippen molar-refractivity contribution in [1.82, 2.24) is 0 Å². The van der Waals surface area contributed by atoms with Crippen molar-refractivity contribution in [3.8, 4) is 0 Å². The molecule has 2 heteroatoms. The highest BCUT2D eigenvalue weighted by atomic mass is 32.2. The molecular formula is C11H15NS. The maximum absolute atomic E-state index is 5.94. The zero-order valence-electron chi connectivity index (χ0n) is 8.08. The minimum absolute atomic E-state index is 0.163. The predicted molar refractivity (Wildman–Crippen MR) is 58.2 cm³/mol. The third-order valence-corrected chi connectivity index (χ3v) is 3.91. The topological polar surface area (TPSA) is 26.0 Å². The van der Waals surface area contributed by atoms with Gasteiger partial charge in [-0.1, -0.05) is 19.1 Å². The Morgan fingerprint density at radius 3 is 3.00 bits per heavy atom. The van der Waals surface area contributed by atoms with Gasteiger partial charge in [0.2, 0.25) is 0 Å². The van der Waals surface area contributed by atoms with E-state index in [1.807, 2.05) is 11.8 Å². The molecule has 0 amide bonds. The van der Waals surface area contributed by atoms with Crippen molar-refractivity contribution in [2.45, 2.75) is 30.7 Å². The molecule has 0 saturated carbocycles. The third kappa shape index (κ3) is 1.49. The van der Waals surface area contributed by atoms with Gasteiger partial charge in [-0.15, -0.1) is 11.8 Å². The van der Waals surface area contributed by atoms with Crippen LogP contribution >= 0.6 is 11.8 Å². The van der Waals surface area contributed by atoms with Gasteiger partial charge in [-0.2, -0.15) is 0 Å². The fourth-order valence-electron chi connectivity index (χ4n) is 1.91. The van der Waals surface area contributed by atoms with Gasteiger partial charge < -0.3 is 5.73 Å². The molecule has 2 N–H and O–H groups in total. The van der Waals surface area contributed by atoms with Crippen LogP contribution in [0.3, 0.4) is 0 Å². The van der Waals surface area contributed by atoms with Gasteiger partial charge in [-0.25, -0.2) is 0 Å². The second-order valence-electron chi connectivity index (χ2n) is 3.76. The fourth-order valence-corrected chi connectivity index (χ4v) is 3.15. The van der Waals surface area contributed by atoms with Crippen LogP contribution in [0.5, 0.6) is 0 Å². The maximum atomic E-state index is 5.94. The summed E-state index contributed by atoms with van der Waals surface area (Å²) >= 11 is 1.95. The molecule has 2 unspecified atom stereocenters. The molecule has 0 aromatic heterocycles. The zero-order valence-corrected chi connectivity index (χ0v) is 8.90. The van der Waals surface area contributed by atoms with Crippen molar-refractivity contribution in [1.29, 1.82) is 0 Å². The second kappa shape index (κ2) is 3.35. The molecule has 13 heavy (non-hydrogen) atoms. The van der Waals surface area contributed by atoms with Gasteiger partial charge in [-0.05, 0) is 30.0 Å². The van der Waals surface area contributed by atoms with Crippen LogP contribution in [0, 0.1) is 0 Å². The number of nitrogens with two attached hydrogens (primary N) is 1. The molecule has 1 nitrogen and oxygen atoms in total. The number of rotatable bonds is 1. The Hall–Kier alpha value is -0.470. The number of hydrogen-bond acceptors (Lipinski definition) is 2. The lowest BCUT2D eigenvalue weighted by Crippen LogP contribution is -2.09. The average Bonchev–Trinajstić information content (AvgIpc) is 2.48. The smallest absolute Gasteiger partial charge is 0.0269 e. The van der Waals surface area contributed by atoms with E-state index in [-0.39, 0.29) is 6.04 Å². The van der Waals surface area contributed by atoms with Crippen LogP contribution in [0.4, 0.5) is 0 Å². The van der Waals surface area contributed by atoms with Gasteiger partial charge in [0.15, 0.2) is 0 Å². The molecule has 2 rings (SSSR count). The molecule has 1 aromatic rings. The van der Waals surface area contributed by atoms with Crippen LogP contribution in [0.2, 0.25) is 0 Å². The van der Waals surface area contributed by atoms with Crippen LogP contribution in [-0.4, -0.2) is 5.75 Å². The average molecular weight is 193 g/mol. The van der Waals surface area contributed by atoms with Crippen LogP contribution in [-0.2, 0) is 0 Å². The Balaban J connectivity index is 2.53. The number of benzene rings is 1. The first-order chi connectivity index (χ1) is 6.20. The highest BCUT2D eigenvalue weighted by Crippen LogP contribution is 2.42. The van der Waals surface area contributed by atoms with Gasteiger partial charge in [-0.3, -0.25) is 0 Å². The molecule has 1 heterocycles. The van der Waals surface area contributed by atoms with Crippen molar-refractivity contribution < 1.29 is 0 Å². The number of hydrogen-bond donors (Lipinski definition) is 1. The van der Waals surface area contributed by atoms with Crippen molar-refractivity contribution in [3.05, 3.63) is 29.3 Å². The molecule has 0 fully saturated rings. The van der Waals surface area contributed by atoms with Gasteiger partial charge >= 0.3 is 0 Å². The van der Waals surface area contributed by atoms with Crippen LogP contribution in [0.1, 0.15) is 36.9 Å². The lowest BCUT2D eigenvalue weighted by molar-refractivity contribution is 0.766. The van der Waals surface area contributed by atoms with Crippen LogP contribution in [0.15, 0.2) is 23.1 Å². The summed E-state index contributed by atoms with van der Waals surface area (Å²) in [6.07, 6.45) is 0. The van der Waals surface area contributed by atoms with Gasteiger partial charge in [0.1, 0.15) is 0 Å². The molecular weight excluding hydrogens is 178 g/mol. The van der Waals surface area contributed by atoms with Crippen molar-refractivity contribution >= 4 is 11.8 Å². The van der Waals surface area contributed by atoms with E-state index in [1.165, 1.54) is 21.8 Å². The van der Waals surface area contributed by atoms with E-state index in [9.17, 15) is 0 Å². The fraction of sp³-hybridized carbons (Fsp3) is 0.455. The molecule has 0 bridgehead atoms. The molecule has 0 radical (unpaired) electrons. The highest BCUT2D eigenvalue weighted by molar-refractivity contribution is 7.99. The lowest BCUT2D eigenvalue weighted by Gasteiger charge is -2.14. The van der Waals surface area contributed by atoms with E-state index in [2.05, 4.69) is 32.0 Å². The second-order valence-corrected chi connectivity index (χ2v) is 4.82. The van der Waals surface area contributed by atoms with E-state index in [0.717, 1.165) is 0 Å². The summed E-state index contributed by atoms with van der Waals surface area (Å²) in [6, 6.07) is 6.64. The van der Waals surface area contributed by atoms with Crippen LogP contribution in [0.25, 0.3) is 0 Å². The van der Waals surface area contributed by atoms with Gasteiger partial charge in [0.25, 0.3) is 0 Å². The first kappa shape index (κ1) is 9.10. The van der Waals surface area contributed by atoms with E-state index >= 15 is 0 Å². The first-order valence-corrected chi connectivity index (χ1v) is 5.70. The third-order valence-electron chi connectivity index (χ3n) is 2.57. The van der Waals surface area contributed by atoms with Gasteiger partial charge in [0, 0.05) is 16.7 Å². The van der Waals surface area contributed by atoms with Gasteiger partial charge in [0.05, 0.1) is 0 Å². The largest absolute Gasteiger partial charge is 0.324 e. The Kier molecular flexibility index (Phi) is 2.35. The Labute approximate surface area is 83.7 Å². The Morgan fingerprint density at radius 2 is 2.31 bits per heavy atom. The Morgan fingerprint density at radius 1 is 1.54 bits per heavy atom. The highest BCUT2D eigenvalue weighted by Gasteiger charge is 2.22. The quantitative estimate of drug-likeness (QED) is 0.742. The monoisotopic (exact) mass is 193 g/mol. The molecule has 0 aliphatic carbocycles. The Bertz CT molecular complexity index is 320.